The van der Waals surface area contributed by atoms with Gasteiger partial charge in [-0.15, -0.1) is 0 Å². The van der Waals surface area contributed by atoms with Gasteiger partial charge in [0.25, 0.3) is 0 Å². The van der Waals surface area contributed by atoms with E-state index in [0.717, 1.165) is 29.0 Å². The SMILES string of the molecule is CCc1cc(C)c(OCc2c(OC(=S)OC)cccc2C2CC2)cc1C. The predicted molar refractivity (Wildman–Crippen MR) is 108 cm³/mol. The Morgan fingerprint density at radius 2 is 1.88 bits per heavy atom. The lowest BCUT2D eigenvalue weighted by atomic mass is 10.0. The summed E-state index contributed by atoms with van der Waals surface area (Å²) >= 11 is 5.08. The van der Waals surface area contributed by atoms with Crippen molar-refractivity contribution in [2.45, 2.75) is 52.6 Å². The van der Waals surface area contributed by atoms with E-state index in [-0.39, 0.29) is 5.24 Å². The van der Waals surface area contributed by atoms with Crippen molar-refractivity contribution in [3.05, 3.63) is 58.1 Å². The van der Waals surface area contributed by atoms with Crippen molar-refractivity contribution < 1.29 is 14.2 Å². The maximum Gasteiger partial charge on any atom is 0.357 e. The standard InChI is InChI=1S/C22H26O3S/c1-5-16-11-15(3)21(12-14(16)2)24-13-19-18(17-9-10-17)7-6-8-20(19)25-22(26)23-4/h6-8,11-12,17H,5,9-10,13H2,1-4H3. The second kappa shape index (κ2) is 8.09. The van der Waals surface area contributed by atoms with Crippen LogP contribution in [0.15, 0.2) is 30.3 Å². The Morgan fingerprint density at radius 1 is 1.12 bits per heavy atom. The molecule has 26 heavy (non-hydrogen) atoms. The van der Waals surface area contributed by atoms with Crippen molar-refractivity contribution in [2.75, 3.05) is 7.11 Å². The molecule has 1 fully saturated rings. The maximum atomic E-state index is 6.21. The van der Waals surface area contributed by atoms with Gasteiger partial charge in [-0.3, -0.25) is 0 Å². The van der Waals surface area contributed by atoms with E-state index in [9.17, 15) is 0 Å². The van der Waals surface area contributed by atoms with Crippen LogP contribution in [0.25, 0.3) is 0 Å². The molecule has 1 aliphatic carbocycles. The molecule has 3 nitrogen and oxygen atoms in total. The van der Waals surface area contributed by atoms with Gasteiger partial charge in [0.1, 0.15) is 18.1 Å². The highest BCUT2D eigenvalue weighted by Crippen LogP contribution is 2.44. The minimum Gasteiger partial charge on any atom is -0.488 e. The van der Waals surface area contributed by atoms with E-state index in [0.29, 0.717) is 12.5 Å². The third-order valence-electron chi connectivity index (χ3n) is 4.93. The minimum absolute atomic E-state index is 0.124. The summed E-state index contributed by atoms with van der Waals surface area (Å²) in [5.41, 5.74) is 6.14. The number of benzene rings is 2. The zero-order valence-corrected chi connectivity index (χ0v) is 16.7. The third kappa shape index (κ3) is 4.18. The van der Waals surface area contributed by atoms with Crippen LogP contribution in [0.3, 0.4) is 0 Å². The van der Waals surface area contributed by atoms with Gasteiger partial charge >= 0.3 is 5.24 Å². The fourth-order valence-electron chi connectivity index (χ4n) is 3.28. The topological polar surface area (TPSA) is 27.7 Å². The maximum absolute atomic E-state index is 6.21. The van der Waals surface area contributed by atoms with Gasteiger partial charge in [-0.1, -0.05) is 25.1 Å². The van der Waals surface area contributed by atoms with Crippen molar-refractivity contribution in [2.24, 2.45) is 0 Å². The molecule has 138 valence electrons. The normalized spacial score (nSPS) is 13.4. The third-order valence-corrected chi connectivity index (χ3v) is 5.18. The molecule has 0 unspecified atom stereocenters. The number of aryl methyl sites for hydroxylation is 3. The summed E-state index contributed by atoms with van der Waals surface area (Å²) in [7, 11) is 1.52. The zero-order valence-electron chi connectivity index (χ0n) is 15.9. The molecule has 0 saturated heterocycles. The van der Waals surface area contributed by atoms with Crippen molar-refractivity contribution in [3.63, 3.8) is 0 Å². The van der Waals surface area contributed by atoms with E-state index in [1.807, 2.05) is 12.1 Å². The molecule has 0 aromatic heterocycles. The van der Waals surface area contributed by atoms with Crippen LogP contribution in [-0.2, 0) is 17.8 Å². The van der Waals surface area contributed by atoms with Crippen molar-refractivity contribution in [1.29, 1.82) is 0 Å². The second-order valence-electron chi connectivity index (χ2n) is 6.84. The first kappa shape index (κ1) is 18.7. The smallest absolute Gasteiger partial charge is 0.357 e. The van der Waals surface area contributed by atoms with E-state index >= 15 is 0 Å². The number of ether oxygens (including phenoxy) is 3. The summed E-state index contributed by atoms with van der Waals surface area (Å²) in [5, 5.41) is 0.124. The monoisotopic (exact) mass is 370 g/mol. The molecule has 0 aliphatic heterocycles. The summed E-state index contributed by atoms with van der Waals surface area (Å²) in [6.45, 7) is 6.86. The molecular formula is C22H26O3S. The van der Waals surface area contributed by atoms with Crippen LogP contribution >= 0.6 is 12.2 Å². The summed E-state index contributed by atoms with van der Waals surface area (Å²) in [6, 6.07) is 10.4. The molecule has 0 radical (unpaired) electrons. The van der Waals surface area contributed by atoms with E-state index in [1.165, 1.54) is 36.6 Å². The van der Waals surface area contributed by atoms with E-state index in [2.05, 4.69) is 39.0 Å². The molecule has 0 heterocycles. The molecule has 4 heteroatoms. The van der Waals surface area contributed by atoms with Crippen LogP contribution in [0.5, 0.6) is 11.5 Å². The molecule has 0 N–H and O–H groups in total. The zero-order chi connectivity index (χ0) is 18.7. The van der Waals surface area contributed by atoms with Gasteiger partial charge in [0.05, 0.1) is 7.11 Å². The molecule has 1 saturated carbocycles. The highest BCUT2D eigenvalue weighted by Gasteiger charge is 2.28. The van der Waals surface area contributed by atoms with Crippen LogP contribution in [0.2, 0.25) is 0 Å². The molecule has 0 spiro atoms. The number of hydrogen-bond acceptors (Lipinski definition) is 4. The quantitative estimate of drug-likeness (QED) is 0.616. The summed E-state index contributed by atoms with van der Waals surface area (Å²) in [4.78, 5) is 0. The van der Waals surface area contributed by atoms with E-state index in [1.54, 1.807) is 0 Å². The Morgan fingerprint density at radius 3 is 2.54 bits per heavy atom. The molecule has 0 amide bonds. The van der Waals surface area contributed by atoms with Gasteiger partial charge < -0.3 is 14.2 Å². The summed E-state index contributed by atoms with van der Waals surface area (Å²) in [5.74, 6) is 2.24. The first-order valence-electron chi connectivity index (χ1n) is 9.14. The molecule has 3 rings (SSSR count). The predicted octanol–water partition coefficient (Wildman–Crippen LogP) is 5.63. The van der Waals surface area contributed by atoms with Gasteiger partial charge in [-0.05, 0) is 73.4 Å². The van der Waals surface area contributed by atoms with Gasteiger partial charge in [0.15, 0.2) is 0 Å². The Kier molecular flexibility index (Phi) is 5.82. The summed E-state index contributed by atoms with van der Waals surface area (Å²) in [6.07, 6.45) is 3.47. The van der Waals surface area contributed by atoms with Crippen molar-refractivity contribution >= 4 is 17.5 Å². The largest absolute Gasteiger partial charge is 0.488 e. The molecule has 0 atom stereocenters. The molecular weight excluding hydrogens is 344 g/mol. The van der Waals surface area contributed by atoms with Crippen molar-refractivity contribution in [1.82, 2.24) is 0 Å². The first-order valence-corrected chi connectivity index (χ1v) is 9.54. The van der Waals surface area contributed by atoms with Gasteiger partial charge in [-0.25, -0.2) is 0 Å². The second-order valence-corrected chi connectivity index (χ2v) is 7.17. The lowest BCUT2D eigenvalue weighted by molar-refractivity contribution is 0.287. The fraction of sp³-hybridized carbons (Fsp3) is 0.409. The van der Waals surface area contributed by atoms with E-state index in [4.69, 9.17) is 26.4 Å². The van der Waals surface area contributed by atoms with Crippen LogP contribution < -0.4 is 9.47 Å². The number of methoxy groups -OCH3 is 1. The summed E-state index contributed by atoms with van der Waals surface area (Å²) < 4.78 is 17.0. The van der Waals surface area contributed by atoms with Crippen LogP contribution in [-0.4, -0.2) is 12.3 Å². The van der Waals surface area contributed by atoms with Crippen LogP contribution in [0.1, 0.15) is 53.5 Å². The van der Waals surface area contributed by atoms with Crippen LogP contribution in [0, 0.1) is 13.8 Å². The van der Waals surface area contributed by atoms with E-state index < -0.39 is 0 Å². The Balaban J connectivity index is 1.87. The number of rotatable bonds is 6. The molecule has 2 aromatic carbocycles. The lowest BCUT2D eigenvalue weighted by Gasteiger charge is -2.17. The van der Waals surface area contributed by atoms with Gasteiger partial charge in [0, 0.05) is 17.8 Å². The number of hydrogen-bond donors (Lipinski definition) is 0. The average molecular weight is 371 g/mol. The van der Waals surface area contributed by atoms with Gasteiger partial charge in [-0.2, -0.15) is 0 Å². The molecule has 2 aromatic rings. The highest BCUT2D eigenvalue weighted by atomic mass is 32.1. The fourth-order valence-corrected chi connectivity index (χ4v) is 3.37. The molecule has 1 aliphatic rings. The first-order chi connectivity index (χ1) is 12.5. The minimum atomic E-state index is 0.124. The Hall–Kier alpha value is -2.07. The van der Waals surface area contributed by atoms with Gasteiger partial charge in [0.2, 0.25) is 0 Å². The Labute approximate surface area is 161 Å². The average Bonchev–Trinajstić information content (AvgIpc) is 3.47. The lowest BCUT2D eigenvalue weighted by Crippen LogP contribution is -2.11. The van der Waals surface area contributed by atoms with Crippen molar-refractivity contribution in [3.8, 4) is 11.5 Å². The van der Waals surface area contributed by atoms with Crippen LogP contribution in [0.4, 0.5) is 0 Å². The number of thiocarbonyl (C=S) groups is 1. The highest BCUT2D eigenvalue weighted by molar-refractivity contribution is 7.79. The molecule has 0 bridgehead atoms. The Bertz CT molecular complexity index is 809.